The van der Waals surface area contributed by atoms with Crippen LogP contribution < -0.4 is 15.0 Å². The van der Waals surface area contributed by atoms with Crippen LogP contribution in [0.5, 0.6) is 5.75 Å². The topological polar surface area (TPSA) is 57.3 Å². The first kappa shape index (κ1) is 25.3. The van der Waals surface area contributed by atoms with Crippen LogP contribution in [0.3, 0.4) is 0 Å². The lowest BCUT2D eigenvalue weighted by molar-refractivity contribution is 0.0371. The zero-order chi connectivity index (χ0) is 24.0. The van der Waals surface area contributed by atoms with Gasteiger partial charge >= 0.3 is 6.09 Å². The van der Waals surface area contributed by atoms with Gasteiger partial charge in [-0.3, -0.25) is 9.80 Å². The Labute approximate surface area is 205 Å². The van der Waals surface area contributed by atoms with Gasteiger partial charge in [0.1, 0.15) is 5.75 Å². The van der Waals surface area contributed by atoms with Gasteiger partial charge in [-0.05, 0) is 56.6 Å². The SMILES string of the molecule is CN1CC[C@@]2(C)c3cc(OC(=O)NCCCCCCCCCN4CCOCC4)ccc3N(C)[C@@H]12. The van der Waals surface area contributed by atoms with E-state index in [4.69, 9.17) is 9.47 Å². The summed E-state index contributed by atoms with van der Waals surface area (Å²) in [5.74, 6) is 0.637. The zero-order valence-electron chi connectivity index (χ0n) is 21.5. The lowest BCUT2D eigenvalue weighted by Gasteiger charge is -2.32. The molecule has 34 heavy (non-hydrogen) atoms. The molecular weight excluding hydrogens is 428 g/mol. The smallest absolute Gasteiger partial charge is 0.410 e. The number of benzene rings is 1. The van der Waals surface area contributed by atoms with Crippen molar-refractivity contribution in [3.05, 3.63) is 23.8 Å². The molecule has 3 heterocycles. The van der Waals surface area contributed by atoms with E-state index in [-0.39, 0.29) is 11.5 Å². The van der Waals surface area contributed by atoms with Gasteiger partial charge in [-0.15, -0.1) is 0 Å². The summed E-state index contributed by atoms with van der Waals surface area (Å²) in [7, 11) is 4.35. The fourth-order valence-electron chi connectivity index (χ4n) is 6.12. The van der Waals surface area contributed by atoms with Crippen LogP contribution in [0.15, 0.2) is 18.2 Å². The number of nitrogens with zero attached hydrogens (tertiary/aromatic N) is 3. The van der Waals surface area contributed by atoms with Crippen molar-refractivity contribution in [2.45, 2.75) is 69.9 Å². The molecule has 2 atom stereocenters. The van der Waals surface area contributed by atoms with Crippen molar-refractivity contribution in [1.29, 1.82) is 0 Å². The number of unbranched alkanes of at least 4 members (excludes halogenated alkanes) is 6. The van der Waals surface area contributed by atoms with Crippen molar-refractivity contribution in [3.8, 4) is 5.75 Å². The zero-order valence-corrected chi connectivity index (χ0v) is 21.5. The van der Waals surface area contributed by atoms with Gasteiger partial charge in [0.25, 0.3) is 0 Å². The molecular formula is C27H44N4O3. The largest absolute Gasteiger partial charge is 0.412 e. The van der Waals surface area contributed by atoms with Crippen LogP contribution in [-0.2, 0) is 10.2 Å². The third kappa shape index (κ3) is 5.86. The van der Waals surface area contributed by atoms with Gasteiger partial charge in [0, 0.05) is 44.3 Å². The minimum absolute atomic E-state index is 0.0805. The lowest BCUT2D eigenvalue weighted by Crippen LogP contribution is -2.45. The van der Waals surface area contributed by atoms with Crippen LogP contribution in [0.25, 0.3) is 0 Å². The van der Waals surface area contributed by atoms with E-state index in [1.165, 1.54) is 49.9 Å². The van der Waals surface area contributed by atoms with Crippen LogP contribution in [0.4, 0.5) is 10.5 Å². The van der Waals surface area contributed by atoms with E-state index >= 15 is 0 Å². The number of likely N-dealkylation sites (tertiary alicyclic amines) is 1. The monoisotopic (exact) mass is 472 g/mol. The molecule has 0 spiro atoms. The van der Waals surface area contributed by atoms with Crippen LogP contribution >= 0.6 is 0 Å². The number of hydrogen-bond donors (Lipinski definition) is 1. The number of carbonyl (C=O) groups excluding carboxylic acids is 1. The fraction of sp³-hybridized carbons (Fsp3) is 0.741. The number of morpholine rings is 1. The summed E-state index contributed by atoms with van der Waals surface area (Å²) in [4.78, 5) is 19.6. The van der Waals surface area contributed by atoms with Gasteiger partial charge in [-0.25, -0.2) is 4.79 Å². The molecule has 4 rings (SSSR count). The third-order valence-corrected chi connectivity index (χ3v) is 8.04. The van der Waals surface area contributed by atoms with Crippen molar-refractivity contribution < 1.29 is 14.3 Å². The third-order valence-electron chi connectivity index (χ3n) is 8.04. The van der Waals surface area contributed by atoms with Crippen LogP contribution in [0, 0.1) is 0 Å². The number of amides is 1. The number of rotatable bonds is 11. The predicted octanol–water partition coefficient (Wildman–Crippen LogP) is 4.21. The van der Waals surface area contributed by atoms with Gasteiger partial charge in [-0.2, -0.15) is 0 Å². The van der Waals surface area contributed by atoms with Gasteiger partial charge in [-0.1, -0.05) is 39.0 Å². The average molecular weight is 473 g/mol. The molecule has 0 aliphatic carbocycles. The van der Waals surface area contributed by atoms with E-state index in [9.17, 15) is 4.79 Å². The molecule has 3 aliphatic heterocycles. The average Bonchev–Trinajstić information content (AvgIpc) is 3.26. The standard InChI is InChI=1S/C27H44N4O3/c1-27-13-16-29(2)25(27)30(3)24-12-11-22(21-23(24)27)34-26(32)28-14-9-7-5-4-6-8-10-15-31-17-19-33-20-18-31/h11-12,21,25H,4-10,13-20H2,1-3H3,(H,28,32)/t25-,27+/m1/s1. The Balaban J connectivity index is 1.08. The maximum atomic E-state index is 12.3. The molecule has 7 heteroatoms. The van der Waals surface area contributed by atoms with Crippen molar-refractivity contribution in [2.75, 3.05) is 64.9 Å². The minimum Gasteiger partial charge on any atom is -0.410 e. The van der Waals surface area contributed by atoms with Crippen molar-refractivity contribution in [2.24, 2.45) is 0 Å². The molecule has 190 valence electrons. The number of anilines is 1. The Kier molecular flexibility index (Phi) is 8.72. The van der Waals surface area contributed by atoms with E-state index < -0.39 is 0 Å². The quantitative estimate of drug-likeness (QED) is 0.487. The summed E-state index contributed by atoms with van der Waals surface area (Å²) >= 11 is 0. The summed E-state index contributed by atoms with van der Waals surface area (Å²) in [5, 5.41) is 2.92. The highest BCUT2D eigenvalue weighted by Gasteiger charge is 2.52. The van der Waals surface area contributed by atoms with Crippen LogP contribution in [0.2, 0.25) is 0 Å². The number of hydrogen-bond acceptors (Lipinski definition) is 6. The number of nitrogens with one attached hydrogen (secondary N) is 1. The molecule has 0 bridgehead atoms. The molecule has 0 aromatic heterocycles. The Bertz CT molecular complexity index is 813. The maximum absolute atomic E-state index is 12.3. The van der Waals surface area contributed by atoms with Crippen LogP contribution in [0.1, 0.15) is 63.9 Å². The number of carbonyl (C=O) groups is 1. The normalized spacial score (nSPS) is 24.8. The fourth-order valence-corrected chi connectivity index (χ4v) is 6.12. The van der Waals surface area contributed by atoms with E-state index in [1.54, 1.807) is 0 Å². The molecule has 2 fully saturated rings. The first-order valence-electron chi connectivity index (χ1n) is 13.3. The van der Waals surface area contributed by atoms with E-state index in [1.807, 2.05) is 6.07 Å². The Morgan fingerprint density at radius 1 is 1.06 bits per heavy atom. The Morgan fingerprint density at radius 3 is 2.53 bits per heavy atom. The Hall–Kier alpha value is -1.83. The van der Waals surface area contributed by atoms with Gasteiger partial charge in [0.15, 0.2) is 0 Å². The van der Waals surface area contributed by atoms with Gasteiger partial charge in [0.2, 0.25) is 0 Å². The maximum Gasteiger partial charge on any atom is 0.412 e. The summed E-state index contributed by atoms with van der Waals surface area (Å²) in [5.41, 5.74) is 2.62. The molecule has 0 saturated carbocycles. The molecule has 0 unspecified atom stereocenters. The molecule has 3 aliphatic rings. The lowest BCUT2D eigenvalue weighted by atomic mass is 9.81. The summed E-state index contributed by atoms with van der Waals surface area (Å²) in [6.45, 7) is 9.28. The van der Waals surface area contributed by atoms with Crippen LogP contribution in [-0.4, -0.2) is 82.1 Å². The summed E-state index contributed by atoms with van der Waals surface area (Å²) in [6, 6.07) is 6.08. The molecule has 0 radical (unpaired) electrons. The highest BCUT2D eigenvalue weighted by atomic mass is 16.6. The number of ether oxygens (including phenoxy) is 2. The first-order chi connectivity index (χ1) is 16.5. The molecule has 1 aromatic carbocycles. The minimum atomic E-state index is -0.348. The van der Waals surface area contributed by atoms with E-state index in [0.29, 0.717) is 18.5 Å². The summed E-state index contributed by atoms with van der Waals surface area (Å²) < 4.78 is 11.0. The summed E-state index contributed by atoms with van der Waals surface area (Å²) in [6.07, 6.45) is 9.74. The van der Waals surface area contributed by atoms with E-state index in [0.717, 1.165) is 52.1 Å². The van der Waals surface area contributed by atoms with Gasteiger partial charge < -0.3 is 19.7 Å². The second kappa shape index (κ2) is 11.7. The van der Waals surface area contributed by atoms with Crippen molar-refractivity contribution in [1.82, 2.24) is 15.1 Å². The molecule has 7 nitrogen and oxygen atoms in total. The predicted molar refractivity (Wildman–Crippen MR) is 137 cm³/mol. The second-order valence-electron chi connectivity index (χ2n) is 10.6. The van der Waals surface area contributed by atoms with Crippen molar-refractivity contribution >= 4 is 11.8 Å². The number of fused-ring (bicyclic) bond motifs is 3. The first-order valence-corrected chi connectivity index (χ1v) is 13.3. The highest BCUT2D eigenvalue weighted by Crippen LogP contribution is 2.51. The van der Waals surface area contributed by atoms with Gasteiger partial charge in [0.05, 0.1) is 19.4 Å². The number of likely N-dealkylation sites (N-methyl/N-ethyl adjacent to an activating group) is 2. The Morgan fingerprint density at radius 2 is 1.76 bits per heavy atom. The second-order valence-corrected chi connectivity index (χ2v) is 10.6. The molecule has 2 saturated heterocycles. The molecule has 1 N–H and O–H groups in total. The van der Waals surface area contributed by atoms with Crippen molar-refractivity contribution in [3.63, 3.8) is 0 Å². The highest BCUT2D eigenvalue weighted by molar-refractivity contribution is 5.72. The van der Waals surface area contributed by atoms with E-state index in [2.05, 4.69) is 53.2 Å². The molecule has 1 aromatic rings. The molecule has 1 amide bonds.